The van der Waals surface area contributed by atoms with Crippen molar-refractivity contribution < 1.29 is 0 Å². The molecule has 4 rings (SSSR count). The first-order valence-electron chi connectivity index (χ1n) is 9.44. The quantitative estimate of drug-likeness (QED) is 0.490. The third-order valence-electron chi connectivity index (χ3n) is 5.44. The Labute approximate surface area is 169 Å². The van der Waals surface area contributed by atoms with Gasteiger partial charge in [-0.3, -0.25) is 10.7 Å². The summed E-state index contributed by atoms with van der Waals surface area (Å²) < 4.78 is 1.83. The van der Waals surface area contributed by atoms with Crippen LogP contribution in [0.25, 0.3) is 0 Å². The molecule has 146 valence electrons. The molecule has 1 aromatic heterocycles. The number of nitrogens with two attached hydrogens (primary N) is 1. The molecule has 0 amide bonds. The lowest BCUT2D eigenvalue weighted by Gasteiger charge is -2.40. The van der Waals surface area contributed by atoms with Crippen molar-refractivity contribution in [2.75, 3.05) is 13.1 Å². The zero-order valence-corrected chi connectivity index (χ0v) is 16.4. The van der Waals surface area contributed by atoms with Crippen LogP contribution in [0.15, 0.2) is 54.6 Å². The molecule has 0 unspecified atom stereocenters. The normalized spacial score (nSPS) is 16.9. The van der Waals surface area contributed by atoms with Crippen molar-refractivity contribution in [1.29, 1.82) is 0 Å². The van der Waals surface area contributed by atoms with Gasteiger partial charge in [-0.05, 0) is 46.5 Å². The Morgan fingerprint density at radius 2 is 1.64 bits per heavy atom. The molecule has 28 heavy (non-hydrogen) atoms. The summed E-state index contributed by atoms with van der Waals surface area (Å²) in [6.45, 7) is 3.37. The Morgan fingerprint density at radius 1 is 0.964 bits per heavy atom. The second-order valence-electron chi connectivity index (χ2n) is 7.27. The van der Waals surface area contributed by atoms with E-state index in [9.17, 15) is 0 Å². The lowest BCUT2D eigenvalue weighted by atomic mass is 9.87. The van der Waals surface area contributed by atoms with Gasteiger partial charge in [0.25, 0.3) is 0 Å². The molecule has 0 bridgehead atoms. The zero-order chi connectivity index (χ0) is 19.4. The van der Waals surface area contributed by atoms with Gasteiger partial charge in [0, 0.05) is 24.7 Å². The molecule has 1 fully saturated rings. The average Bonchev–Trinajstić information content (AvgIpc) is 3.20. The molecule has 0 spiro atoms. The first kappa shape index (κ1) is 19.0. The molecule has 0 atom stereocenters. The SMILES string of the molecule is NNC1(c2nnnn2Cc2ccc(Cl)cc2)CCN(Cc2ccccc2)CC1. The Bertz CT molecular complexity index is 886. The Balaban J connectivity index is 1.47. The first-order valence-corrected chi connectivity index (χ1v) is 9.81. The molecule has 1 aliphatic heterocycles. The number of nitrogens with one attached hydrogen (secondary N) is 1. The predicted molar refractivity (Wildman–Crippen MR) is 108 cm³/mol. The van der Waals surface area contributed by atoms with Crippen LogP contribution in [-0.2, 0) is 18.6 Å². The van der Waals surface area contributed by atoms with Gasteiger partial charge in [0.2, 0.25) is 0 Å². The first-order chi connectivity index (χ1) is 13.7. The van der Waals surface area contributed by atoms with E-state index >= 15 is 0 Å². The molecular formula is C20H24ClN7. The van der Waals surface area contributed by atoms with Crippen molar-refractivity contribution in [2.45, 2.75) is 31.5 Å². The van der Waals surface area contributed by atoms with Gasteiger partial charge in [-0.15, -0.1) is 5.10 Å². The minimum atomic E-state index is -0.427. The van der Waals surface area contributed by atoms with Crippen LogP contribution in [0.1, 0.15) is 29.8 Å². The van der Waals surface area contributed by atoms with Crippen LogP contribution in [0.3, 0.4) is 0 Å². The lowest BCUT2D eigenvalue weighted by molar-refractivity contribution is 0.119. The predicted octanol–water partition coefficient (Wildman–Crippen LogP) is 2.33. The van der Waals surface area contributed by atoms with Gasteiger partial charge in [-0.2, -0.15) is 0 Å². The van der Waals surface area contributed by atoms with E-state index in [0.717, 1.165) is 43.9 Å². The van der Waals surface area contributed by atoms with E-state index in [1.54, 1.807) is 0 Å². The third kappa shape index (κ3) is 4.07. The molecule has 3 aromatic rings. The molecule has 2 heterocycles. The highest BCUT2D eigenvalue weighted by molar-refractivity contribution is 6.30. The van der Waals surface area contributed by atoms with E-state index in [0.29, 0.717) is 11.6 Å². The van der Waals surface area contributed by atoms with Crippen LogP contribution < -0.4 is 11.3 Å². The minimum Gasteiger partial charge on any atom is -0.299 e. The van der Waals surface area contributed by atoms with Gasteiger partial charge >= 0.3 is 0 Å². The summed E-state index contributed by atoms with van der Waals surface area (Å²) in [5, 5.41) is 13.2. The standard InChI is InChI=1S/C20H24ClN7/c21-18-8-6-17(7-9-18)15-28-19(23-25-26-28)20(24-22)10-12-27(13-11-20)14-16-4-2-1-3-5-16/h1-9,24H,10-15,22H2. The number of hydrogen-bond donors (Lipinski definition) is 2. The molecule has 2 aromatic carbocycles. The highest BCUT2D eigenvalue weighted by atomic mass is 35.5. The summed E-state index contributed by atoms with van der Waals surface area (Å²) in [5.41, 5.74) is 5.01. The molecule has 0 saturated carbocycles. The van der Waals surface area contributed by atoms with Gasteiger partial charge in [0.15, 0.2) is 5.82 Å². The highest BCUT2D eigenvalue weighted by Crippen LogP contribution is 2.31. The molecule has 7 nitrogen and oxygen atoms in total. The number of tetrazole rings is 1. The van der Waals surface area contributed by atoms with Gasteiger partial charge in [0.1, 0.15) is 0 Å². The number of aromatic nitrogens is 4. The van der Waals surface area contributed by atoms with Crippen LogP contribution >= 0.6 is 11.6 Å². The number of halogens is 1. The number of hydrazine groups is 1. The van der Waals surface area contributed by atoms with Gasteiger partial charge < -0.3 is 0 Å². The maximum atomic E-state index is 6.01. The number of piperidine rings is 1. The second-order valence-corrected chi connectivity index (χ2v) is 7.71. The molecule has 0 aliphatic carbocycles. The van der Waals surface area contributed by atoms with Crippen molar-refractivity contribution in [1.82, 2.24) is 30.5 Å². The van der Waals surface area contributed by atoms with E-state index in [1.165, 1.54) is 5.56 Å². The van der Waals surface area contributed by atoms with Crippen LogP contribution in [0, 0.1) is 0 Å². The monoisotopic (exact) mass is 397 g/mol. The maximum Gasteiger partial charge on any atom is 0.173 e. The maximum absolute atomic E-state index is 6.01. The average molecular weight is 398 g/mol. The highest BCUT2D eigenvalue weighted by Gasteiger charge is 2.40. The van der Waals surface area contributed by atoms with E-state index in [1.807, 2.05) is 35.0 Å². The fourth-order valence-corrected chi connectivity index (χ4v) is 3.91. The zero-order valence-electron chi connectivity index (χ0n) is 15.6. The summed E-state index contributed by atoms with van der Waals surface area (Å²) in [5.74, 6) is 6.80. The van der Waals surface area contributed by atoms with Crippen molar-refractivity contribution in [3.63, 3.8) is 0 Å². The van der Waals surface area contributed by atoms with Crippen LogP contribution in [-0.4, -0.2) is 38.2 Å². The fourth-order valence-electron chi connectivity index (χ4n) is 3.78. The van der Waals surface area contributed by atoms with Crippen LogP contribution in [0.4, 0.5) is 0 Å². The number of rotatable bonds is 6. The molecule has 1 saturated heterocycles. The van der Waals surface area contributed by atoms with Crippen molar-refractivity contribution in [2.24, 2.45) is 5.84 Å². The summed E-state index contributed by atoms with van der Waals surface area (Å²) in [7, 11) is 0. The van der Waals surface area contributed by atoms with Crippen LogP contribution in [0.2, 0.25) is 5.02 Å². The van der Waals surface area contributed by atoms with E-state index in [2.05, 4.69) is 50.1 Å². The van der Waals surface area contributed by atoms with E-state index in [-0.39, 0.29) is 0 Å². The molecule has 3 N–H and O–H groups in total. The minimum absolute atomic E-state index is 0.427. The summed E-state index contributed by atoms with van der Waals surface area (Å²) in [6.07, 6.45) is 1.69. The topological polar surface area (TPSA) is 84.9 Å². The van der Waals surface area contributed by atoms with Crippen molar-refractivity contribution in [3.8, 4) is 0 Å². The van der Waals surface area contributed by atoms with Gasteiger partial charge in [-0.25, -0.2) is 10.1 Å². The molecule has 1 aliphatic rings. The summed E-state index contributed by atoms with van der Waals surface area (Å²) >= 11 is 5.98. The largest absolute Gasteiger partial charge is 0.299 e. The summed E-state index contributed by atoms with van der Waals surface area (Å²) in [4.78, 5) is 2.44. The van der Waals surface area contributed by atoms with E-state index in [4.69, 9.17) is 17.4 Å². The number of benzene rings is 2. The van der Waals surface area contributed by atoms with Crippen molar-refractivity contribution >= 4 is 11.6 Å². The Hall–Kier alpha value is -2.32. The van der Waals surface area contributed by atoms with Crippen molar-refractivity contribution in [3.05, 3.63) is 76.6 Å². The van der Waals surface area contributed by atoms with E-state index < -0.39 is 5.54 Å². The van der Waals surface area contributed by atoms with Gasteiger partial charge in [-0.1, -0.05) is 54.1 Å². The van der Waals surface area contributed by atoms with Gasteiger partial charge in [0.05, 0.1) is 12.1 Å². The second kappa shape index (κ2) is 8.36. The number of hydrogen-bond acceptors (Lipinski definition) is 6. The summed E-state index contributed by atoms with van der Waals surface area (Å²) in [6, 6.07) is 18.2. The number of nitrogens with zero attached hydrogens (tertiary/aromatic N) is 5. The molecule has 8 heteroatoms. The Morgan fingerprint density at radius 3 is 2.32 bits per heavy atom. The molecular weight excluding hydrogens is 374 g/mol. The fraction of sp³-hybridized carbons (Fsp3) is 0.350. The number of likely N-dealkylation sites (tertiary alicyclic amines) is 1. The lowest BCUT2D eigenvalue weighted by Crippen LogP contribution is -2.55. The molecule has 0 radical (unpaired) electrons. The third-order valence-corrected chi connectivity index (χ3v) is 5.69. The smallest absolute Gasteiger partial charge is 0.173 e. The van der Waals surface area contributed by atoms with Crippen LogP contribution in [0.5, 0.6) is 0 Å². The Kier molecular flexibility index (Phi) is 5.68.